The molecule has 0 aliphatic carbocycles. The molecular weight excluding hydrogens is 236 g/mol. The number of nitro benzene ring substituents is 1. The first-order valence-corrected chi connectivity index (χ1v) is 6.47. The van der Waals surface area contributed by atoms with E-state index in [1.54, 1.807) is 12.1 Å². The normalized spacial score (nSPS) is 20.4. The molecule has 1 unspecified atom stereocenters. The maximum atomic E-state index is 10.5. The molecule has 1 aromatic carbocycles. The fourth-order valence-electron chi connectivity index (χ4n) is 1.87. The Morgan fingerprint density at radius 2 is 2.24 bits per heavy atom. The van der Waals surface area contributed by atoms with Crippen LogP contribution < -0.4 is 0 Å². The minimum absolute atomic E-state index is 0.143. The molecule has 0 bridgehead atoms. The van der Waals surface area contributed by atoms with Gasteiger partial charge in [0, 0.05) is 31.0 Å². The van der Waals surface area contributed by atoms with Crippen molar-refractivity contribution in [3.05, 3.63) is 52.6 Å². The Morgan fingerprint density at radius 1 is 1.53 bits per heavy atom. The van der Waals surface area contributed by atoms with Crippen LogP contribution in [0, 0.1) is 10.1 Å². The average Bonchev–Trinajstić information content (AvgIpc) is 2.77. The zero-order valence-electron chi connectivity index (χ0n) is 9.41. The molecule has 0 N–H and O–H groups in total. The number of thioether (sulfide) groups is 1. The van der Waals surface area contributed by atoms with Gasteiger partial charge in [0.1, 0.15) is 0 Å². The SMILES string of the molecule is C=CC1SCCN1Cc1ccc([N+](=O)[O-])cc1. The molecule has 4 nitrogen and oxygen atoms in total. The van der Waals surface area contributed by atoms with Crippen LogP contribution in [0.15, 0.2) is 36.9 Å². The first-order chi connectivity index (χ1) is 8.20. The van der Waals surface area contributed by atoms with Crippen LogP contribution in [-0.4, -0.2) is 27.5 Å². The molecule has 17 heavy (non-hydrogen) atoms. The molecular formula is C12H14N2O2S. The predicted octanol–water partition coefficient (Wildman–Crippen LogP) is 2.66. The Bertz CT molecular complexity index is 419. The van der Waals surface area contributed by atoms with Gasteiger partial charge in [-0.15, -0.1) is 18.3 Å². The quantitative estimate of drug-likeness (QED) is 0.468. The number of non-ortho nitro benzene ring substituents is 1. The highest BCUT2D eigenvalue weighted by atomic mass is 32.2. The van der Waals surface area contributed by atoms with Crippen LogP contribution in [0.3, 0.4) is 0 Å². The van der Waals surface area contributed by atoms with Gasteiger partial charge in [-0.25, -0.2) is 0 Å². The van der Waals surface area contributed by atoms with E-state index in [1.165, 1.54) is 0 Å². The largest absolute Gasteiger partial charge is 0.283 e. The Hall–Kier alpha value is -1.33. The number of hydrogen-bond acceptors (Lipinski definition) is 4. The summed E-state index contributed by atoms with van der Waals surface area (Å²) in [4.78, 5) is 12.5. The highest BCUT2D eigenvalue weighted by Crippen LogP contribution is 2.26. The van der Waals surface area contributed by atoms with Gasteiger partial charge in [0.25, 0.3) is 5.69 Å². The first kappa shape index (κ1) is 12.1. The van der Waals surface area contributed by atoms with Crippen molar-refractivity contribution < 1.29 is 4.92 Å². The fraction of sp³-hybridized carbons (Fsp3) is 0.333. The highest BCUT2D eigenvalue weighted by Gasteiger charge is 2.22. The number of nitro groups is 1. The molecule has 0 aromatic heterocycles. The van der Waals surface area contributed by atoms with E-state index < -0.39 is 0 Å². The van der Waals surface area contributed by atoms with E-state index in [0.29, 0.717) is 5.37 Å². The third-order valence-electron chi connectivity index (χ3n) is 2.76. The van der Waals surface area contributed by atoms with Gasteiger partial charge in [0.15, 0.2) is 0 Å². The summed E-state index contributed by atoms with van der Waals surface area (Å²) >= 11 is 1.88. The maximum absolute atomic E-state index is 10.5. The molecule has 1 atom stereocenters. The van der Waals surface area contributed by atoms with Crippen molar-refractivity contribution in [2.24, 2.45) is 0 Å². The van der Waals surface area contributed by atoms with Crippen molar-refractivity contribution in [1.29, 1.82) is 0 Å². The standard InChI is InChI=1S/C12H14N2O2S/c1-2-12-13(7-8-17-12)9-10-3-5-11(6-4-10)14(15)16/h2-6,12H,1,7-9H2. The van der Waals surface area contributed by atoms with Crippen molar-refractivity contribution in [3.63, 3.8) is 0 Å². The molecule has 0 amide bonds. The minimum atomic E-state index is -0.373. The van der Waals surface area contributed by atoms with E-state index >= 15 is 0 Å². The molecule has 90 valence electrons. The lowest BCUT2D eigenvalue weighted by atomic mass is 10.2. The molecule has 1 saturated heterocycles. The van der Waals surface area contributed by atoms with E-state index in [1.807, 2.05) is 30.0 Å². The van der Waals surface area contributed by atoms with E-state index in [-0.39, 0.29) is 10.6 Å². The lowest BCUT2D eigenvalue weighted by Gasteiger charge is -2.20. The Labute approximate surface area is 104 Å². The molecule has 1 aromatic rings. The third kappa shape index (κ3) is 2.87. The fourth-order valence-corrected chi connectivity index (χ4v) is 2.98. The molecule has 0 radical (unpaired) electrons. The number of rotatable bonds is 4. The summed E-state index contributed by atoms with van der Waals surface area (Å²) in [5.74, 6) is 1.11. The van der Waals surface area contributed by atoms with Gasteiger partial charge in [-0.3, -0.25) is 15.0 Å². The zero-order chi connectivity index (χ0) is 12.3. The van der Waals surface area contributed by atoms with E-state index in [0.717, 1.165) is 24.4 Å². The average molecular weight is 250 g/mol. The van der Waals surface area contributed by atoms with Crippen LogP contribution in [0.25, 0.3) is 0 Å². The summed E-state index contributed by atoms with van der Waals surface area (Å²) in [6, 6.07) is 6.76. The summed E-state index contributed by atoms with van der Waals surface area (Å²) in [5, 5.41) is 10.9. The van der Waals surface area contributed by atoms with Crippen molar-refractivity contribution in [2.45, 2.75) is 11.9 Å². The molecule has 2 rings (SSSR count). The Balaban J connectivity index is 2.03. The Kier molecular flexibility index (Phi) is 3.81. The second-order valence-corrected chi connectivity index (χ2v) is 5.12. The lowest BCUT2D eigenvalue weighted by molar-refractivity contribution is -0.384. The van der Waals surface area contributed by atoms with E-state index in [2.05, 4.69) is 11.5 Å². The van der Waals surface area contributed by atoms with Crippen LogP contribution in [-0.2, 0) is 6.54 Å². The second kappa shape index (κ2) is 5.33. The van der Waals surface area contributed by atoms with Gasteiger partial charge >= 0.3 is 0 Å². The van der Waals surface area contributed by atoms with Crippen molar-refractivity contribution in [1.82, 2.24) is 4.90 Å². The number of nitrogens with zero attached hydrogens (tertiary/aromatic N) is 2. The second-order valence-electron chi connectivity index (χ2n) is 3.89. The van der Waals surface area contributed by atoms with Crippen LogP contribution in [0.2, 0.25) is 0 Å². The zero-order valence-corrected chi connectivity index (χ0v) is 10.2. The molecule has 0 saturated carbocycles. The van der Waals surface area contributed by atoms with Crippen molar-refractivity contribution >= 4 is 17.4 Å². The molecule has 5 heteroatoms. The van der Waals surface area contributed by atoms with E-state index in [9.17, 15) is 10.1 Å². The molecule has 0 spiro atoms. The summed E-state index contributed by atoms with van der Waals surface area (Å²) in [6.07, 6.45) is 1.95. The molecule has 1 aliphatic heterocycles. The van der Waals surface area contributed by atoms with Gasteiger partial charge in [-0.05, 0) is 5.56 Å². The highest BCUT2D eigenvalue weighted by molar-refractivity contribution is 8.00. The topological polar surface area (TPSA) is 46.4 Å². The predicted molar refractivity (Wildman–Crippen MR) is 69.9 cm³/mol. The summed E-state index contributed by atoms with van der Waals surface area (Å²) < 4.78 is 0. The molecule has 1 fully saturated rings. The number of hydrogen-bond donors (Lipinski definition) is 0. The van der Waals surface area contributed by atoms with Gasteiger partial charge in [-0.1, -0.05) is 18.2 Å². The monoisotopic (exact) mass is 250 g/mol. The van der Waals surface area contributed by atoms with Gasteiger partial charge in [-0.2, -0.15) is 0 Å². The van der Waals surface area contributed by atoms with Crippen LogP contribution >= 0.6 is 11.8 Å². The minimum Gasteiger partial charge on any atom is -0.283 e. The molecule has 1 aliphatic rings. The molecule has 1 heterocycles. The van der Waals surface area contributed by atoms with Crippen LogP contribution in [0.5, 0.6) is 0 Å². The summed E-state index contributed by atoms with van der Waals surface area (Å²) in [5.41, 5.74) is 1.25. The maximum Gasteiger partial charge on any atom is 0.269 e. The van der Waals surface area contributed by atoms with Gasteiger partial charge in [0.05, 0.1) is 10.3 Å². The van der Waals surface area contributed by atoms with Crippen molar-refractivity contribution in [3.8, 4) is 0 Å². The summed E-state index contributed by atoms with van der Waals surface area (Å²) in [7, 11) is 0. The lowest BCUT2D eigenvalue weighted by Crippen LogP contribution is -2.26. The van der Waals surface area contributed by atoms with Crippen LogP contribution in [0.1, 0.15) is 5.56 Å². The Morgan fingerprint density at radius 3 is 2.82 bits per heavy atom. The van der Waals surface area contributed by atoms with E-state index in [4.69, 9.17) is 0 Å². The third-order valence-corrected chi connectivity index (χ3v) is 4.01. The van der Waals surface area contributed by atoms with Gasteiger partial charge in [0.2, 0.25) is 0 Å². The van der Waals surface area contributed by atoms with Crippen LogP contribution in [0.4, 0.5) is 5.69 Å². The summed E-state index contributed by atoms with van der Waals surface area (Å²) in [6.45, 7) is 5.68. The first-order valence-electron chi connectivity index (χ1n) is 5.42. The number of benzene rings is 1. The van der Waals surface area contributed by atoms with Crippen molar-refractivity contribution in [2.75, 3.05) is 12.3 Å². The van der Waals surface area contributed by atoms with Gasteiger partial charge < -0.3 is 0 Å². The smallest absolute Gasteiger partial charge is 0.269 e.